The molecule has 21 heavy (non-hydrogen) atoms. The van der Waals surface area contributed by atoms with Crippen LogP contribution in [0.5, 0.6) is 5.75 Å². The van der Waals surface area contributed by atoms with Gasteiger partial charge in [-0.25, -0.2) is 0 Å². The molecule has 4 heteroatoms. The number of ether oxygens (including phenoxy) is 1. The van der Waals surface area contributed by atoms with Crippen LogP contribution >= 0.6 is 0 Å². The van der Waals surface area contributed by atoms with Crippen LogP contribution in [0.15, 0.2) is 18.2 Å². The van der Waals surface area contributed by atoms with Crippen molar-refractivity contribution in [3.05, 3.63) is 29.3 Å². The van der Waals surface area contributed by atoms with Crippen LogP contribution in [0.1, 0.15) is 28.8 Å². The Hall–Kier alpha value is -1.39. The maximum Gasteiger partial charge on any atom is 0.150 e. The molecule has 0 amide bonds. The standard InChI is InChI=1S/C17H24N2O2/c1-21-17-5-4-15(13-20)10-16(17)12-19-8-6-18(7-9-19)11-14-2-3-14/h4-5,10,13-14H,2-3,6-9,11-12H2,1H3. The molecule has 1 saturated carbocycles. The molecule has 1 aliphatic carbocycles. The third-order valence-corrected chi connectivity index (χ3v) is 4.51. The number of aldehydes is 1. The van der Waals surface area contributed by atoms with Crippen LogP contribution in [0.2, 0.25) is 0 Å². The summed E-state index contributed by atoms with van der Waals surface area (Å²) >= 11 is 0. The lowest BCUT2D eigenvalue weighted by atomic mass is 10.1. The Bertz CT molecular complexity index is 492. The average Bonchev–Trinajstić information content (AvgIpc) is 3.33. The van der Waals surface area contributed by atoms with Crippen molar-refractivity contribution in [2.24, 2.45) is 5.92 Å². The molecule has 1 saturated heterocycles. The van der Waals surface area contributed by atoms with Crippen molar-refractivity contribution in [3.63, 3.8) is 0 Å². The summed E-state index contributed by atoms with van der Waals surface area (Å²) in [5.74, 6) is 1.85. The monoisotopic (exact) mass is 288 g/mol. The smallest absolute Gasteiger partial charge is 0.150 e. The highest BCUT2D eigenvalue weighted by molar-refractivity contribution is 5.75. The predicted molar refractivity (Wildman–Crippen MR) is 82.8 cm³/mol. The lowest BCUT2D eigenvalue weighted by Crippen LogP contribution is -2.46. The normalized spacial score (nSPS) is 20.4. The largest absolute Gasteiger partial charge is 0.496 e. The van der Waals surface area contributed by atoms with Crippen LogP contribution in [0, 0.1) is 5.92 Å². The zero-order chi connectivity index (χ0) is 14.7. The Balaban J connectivity index is 1.57. The van der Waals surface area contributed by atoms with E-state index in [1.807, 2.05) is 18.2 Å². The molecule has 1 aliphatic heterocycles. The van der Waals surface area contributed by atoms with E-state index in [2.05, 4.69) is 9.80 Å². The third-order valence-electron chi connectivity index (χ3n) is 4.51. The molecule has 0 spiro atoms. The van der Waals surface area contributed by atoms with Gasteiger partial charge >= 0.3 is 0 Å². The van der Waals surface area contributed by atoms with Crippen molar-refractivity contribution in [1.29, 1.82) is 0 Å². The first-order chi connectivity index (χ1) is 10.3. The van der Waals surface area contributed by atoms with Crippen molar-refractivity contribution >= 4 is 6.29 Å². The number of piperazine rings is 1. The summed E-state index contributed by atoms with van der Waals surface area (Å²) in [4.78, 5) is 16.0. The molecule has 1 aromatic rings. The van der Waals surface area contributed by atoms with Gasteiger partial charge in [0.1, 0.15) is 12.0 Å². The zero-order valence-corrected chi connectivity index (χ0v) is 12.8. The van der Waals surface area contributed by atoms with Crippen LogP contribution < -0.4 is 4.74 Å². The number of nitrogens with zero attached hydrogens (tertiary/aromatic N) is 2. The SMILES string of the molecule is COc1ccc(C=O)cc1CN1CCN(CC2CC2)CC1. The van der Waals surface area contributed by atoms with Gasteiger partial charge in [-0.15, -0.1) is 0 Å². The maximum absolute atomic E-state index is 10.9. The molecule has 4 nitrogen and oxygen atoms in total. The summed E-state index contributed by atoms with van der Waals surface area (Å²) in [5, 5.41) is 0. The second-order valence-electron chi connectivity index (χ2n) is 6.21. The van der Waals surface area contributed by atoms with Gasteiger partial charge in [0.2, 0.25) is 0 Å². The van der Waals surface area contributed by atoms with Gasteiger partial charge in [-0.2, -0.15) is 0 Å². The van der Waals surface area contributed by atoms with Gasteiger partial charge < -0.3 is 9.64 Å². The van der Waals surface area contributed by atoms with Crippen molar-refractivity contribution in [2.75, 3.05) is 39.8 Å². The minimum atomic E-state index is 0.721. The van der Waals surface area contributed by atoms with Gasteiger partial charge in [0.05, 0.1) is 7.11 Å². The van der Waals surface area contributed by atoms with E-state index < -0.39 is 0 Å². The van der Waals surface area contributed by atoms with Crippen molar-refractivity contribution in [1.82, 2.24) is 9.80 Å². The summed E-state index contributed by atoms with van der Waals surface area (Å²) in [6, 6.07) is 5.65. The topological polar surface area (TPSA) is 32.8 Å². The summed E-state index contributed by atoms with van der Waals surface area (Å²) in [6.07, 6.45) is 3.75. The van der Waals surface area contributed by atoms with Crippen LogP contribution in [-0.4, -0.2) is 55.9 Å². The quantitative estimate of drug-likeness (QED) is 0.750. The molecule has 0 aromatic heterocycles. The van der Waals surface area contributed by atoms with E-state index in [0.717, 1.165) is 61.8 Å². The number of methoxy groups -OCH3 is 1. The number of hydrogen-bond acceptors (Lipinski definition) is 4. The minimum absolute atomic E-state index is 0.721. The van der Waals surface area contributed by atoms with E-state index in [9.17, 15) is 4.79 Å². The number of carbonyl (C=O) groups excluding carboxylic acids is 1. The molecule has 0 radical (unpaired) electrons. The number of benzene rings is 1. The van der Waals surface area contributed by atoms with E-state index in [4.69, 9.17) is 4.74 Å². The molecule has 2 aliphatic rings. The number of carbonyl (C=O) groups is 1. The minimum Gasteiger partial charge on any atom is -0.496 e. The molecule has 0 bridgehead atoms. The Morgan fingerprint density at radius 3 is 2.52 bits per heavy atom. The lowest BCUT2D eigenvalue weighted by Gasteiger charge is -2.35. The Labute approximate surface area is 126 Å². The average molecular weight is 288 g/mol. The van der Waals surface area contributed by atoms with Crippen molar-refractivity contribution < 1.29 is 9.53 Å². The summed E-state index contributed by atoms with van der Waals surface area (Å²) < 4.78 is 5.42. The molecule has 0 atom stereocenters. The van der Waals surface area contributed by atoms with Gasteiger partial charge in [0, 0.05) is 50.4 Å². The highest BCUT2D eigenvalue weighted by Crippen LogP contribution is 2.30. The van der Waals surface area contributed by atoms with Gasteiger partial charge in [-0.3, -0.25) is 9.69 Å². The highest BCUT2D eigenvalue weighted by Gasteiger charge is 2.26. The molecule has 114 valence electrons. The third kappa shape index (κ3) is 3.83. The first-order valence-electron chi connectivity index (χ1n) is 7.85. The fourth-order valence-corrected chi connectivity index (χ4v) is 3.03. The van der Waals surface area contributed by atoms with Crippen LogP contribution in [-0.2, 0) is 6.54 Å². The van der Waals surface area contributed by atoms with E-state index >= 15 is 0 Å². The van der Waals surface area contributed by atoms with Crippen molar-refractivity contribution in [3.8, 4) is 5.75 Å². The highest BCUT2D eigenvalue weighted by atomic mass is 16.5. The molecular formula is C17H24N2O2. The maximum atomic E-state index is 10.9. The first kappa shape index (κ1) is 14.5. The molecule has 3 rings (SSSR count). The van der Waals surface area contributed by atoms with Gasteiger partial charge in [-0.1, -0.05) is 0 Å². The molecule has 0 unspecified atom stereocenters. The van der Waals surface area contributed by atoms with Crippen LogP contribution in [0.3, 0.4) is 0 Å². The van der Waals surface area contributed by atoms with E-state index in [1.54, 1.807) is 7.11 Å². The summed E-state index contributed by atoms with van der Waals surface area (Å²) in [7, 11) is 1.69. The second-order valence-corrected chi connectivity index (χ2v) is 6.21. The molecule has 2 fully saturated rings. The predicted octanol–water partition coefficient (Wildman–Crippen LogP) is 2.04. The molecule has 1 aromatic carbocycles. The molecule has 0 N–H and O–H groups in total. The van der Waals surface area contributed by atoms with Gasteiger partial charge in [-0.05, 0) is 37.0 Å². The Morgan fingerprint density at radius 2 is 1.90 bits per heavy atom. The summed E-state index contributed by atoms with van der Waals surface area (Å²) in [5.41, 5.74) is 1.83. The second kappa shape index (κ2) is 6.58. The number of rotatable bonds is 6. The van der Waals surface area contributed by atoms with Crippen LogP contribution in [0.25, 0.3) is 0 Å². The van der Waals surface area contributed by atoms with E-state index in [1.165, 1.54) is 19.4 Å². The van der Waals surface area contributed by atoms with Gasteiger partial charge in [0.15, 0.2) is 0 Å². The van der Waals surface area contributed by atoms with E-state index in [0.29, 0.717) is 0 Å². The lowest BCUT2D eigenvalue weighted by molar-refractivity contribution is 0.112. The Kier molecular flexibility index (Phi) is 4.56. The van der Waals surface area contributed by atoms with Crippen molar-refractivity contribution in [2.45, 2.75) is 19.4 Å². The van der Waals surface area contributed by atoms with E-state index in [-0.39, 0.29) is 0 Å². The fraction of sp³-hybridized carbons (Fsp3) is 0.588. The number of hydrogen-bond donors (Lipinski definition) is 0. The first-order valence-corrected chi connectivity index (χ1v) is 7.85. The summed E-state index contributed by atoms with van der Waals surface area (Å²) in [6.45, 7) is 6.67. The molecule has 1 heterocycles. The Morgan fingerprint density at radius 1 is 1.19 bits per heavy atom. The fourth-order valence-electron chi connectivity index (χ4n) is 3.03. The van der Waals surface area contributed by atoms with Crippen LogP contribution in [0.4, 0.5) is 0 Å². The molecular weight excluding hydrogens is 264 g/mol. The van der Waals surface area contributed by atoms with Gasteiger partial charge in [0.25, 0.3) is 0 Å². The zero-order valence-electron chi connectivity index (χ0n) is 12.8.